The summed E-state index contributed by atoms with van der Waals surface area (Å²) in [6.07, 6.45) is 3.40. The van der Waals surface area contributed by atoms with E-state index in [-0.39, 0.29) is 5.41 Å². The summed E-state index contributed by atoms with van der Waals surface area (Å²) in [5.74, 6) is 0. The first-order valence-corrected chi connectivity index (χ1v) is 7.02. The molecule has 0 N–H and O–H groups in total. The van der Waals surface area contributed by atoms with Gasteiger partial charge in [-0.25, -0.2) is 0 Å². The lowest BCUT2D eigenvalue weighted by molar-refractivity contribution is 0.492. The van der Waals surface area contributed by atoms with Crippen LogP contribution < -0.4 is 0 Å². The SMILES string of the molecule is Cc1ccc2cc(C3(C)CCC(Cl)C3)ccc2n1. The molecule has 94 valence electrons. The van der Waals surface area contributed by atoms with Crippen molar-refractivity contribution in [2.45, 2.75) is 43.9 Å². The average molecular weight is 260 g/mol. The zero-order chi connectivity index (χ0) is 12.8. The second-order valence-corrected chi connectivity index (χ2v) is 6.38. The highest BCUT2D eigenvalue weighted by Crippen LogP contribution is 2.43. The number of benzene rings is 1. The monoisotopic (exact) mass is 259 g/mol. The summed E-state index contributed by atoms with van der Waals surface area (Å²) in [4.78, 5) is 4.55. The number of nitrogens with zero attached hydrogens (tertiary/aromatic N) is 1. The number of alkyl halides is 1. The smallest absolute Gasteiger partial charge is 0.0705 e. The lowest BCUT2D eigenvalue weighted by Gasteiger charge is -2.24. The van der Waals surface area contributed by atoms with E-state index in [9.17, 15) is 0 Å². The van der Waals surface area contributed by atoms with Crippen molar-refractivity contribution in [1.29, 1.82) is 0 Å². The van der Waals surface area contributed by atoms with E-state index in [1.54, 1.807) is 0 Å². The molecular weight excluding hydrogens is 242 g/mol. The Hall–Kier alpha value is -1.08. The van der Waals surface area contributed by atoms with Gasteiger partial charge >= 0.3 is 0 Å². The minimum Gasteiger partial charge on any atom is -0.253 e. The number of pyridine rings is 1. The molecule has 1 aliphatic carbocycles. The van der Waals surface area contributed by atoms with Crippen LogP contribution in [-0.2, 0) is 5.41 Å². The van der Waals surface area contributed by atoms with Gasteiger partial charge < -0.3 is 0 Å². The van der Waals surface area contributed by atoms with Crippen molar-refractivity contribution in [1.82, 2.24) is 4.98 Å². The molecule has 2 atom stereocenters. The van der Waals surface area contributed by atoms with Gasteiger partial charge in [0.25, 0.3) is 0 Å². The number of rotatable bonds is 1. The van der Waals surface area contributed by atoms with Crippen LogP contribution in [0.15, 0.2) is 30.3 Å². The Morgan fingerprint density at radius 3 is 2.83 bits per heavy atom. The first-order chi connectivity index (χ1) is 8.57. The number of aromatic nitrogens is 1. The minimum absolute atomic E-state index is 0.242. The predicted octanol–water partition coefficient (Wildman–Crippen LogP) is 4.59. The third kappa shape index (κ3) is 2.01. The molecule has 3 rings (SSSR count). The van der Waals surface area contributed by atoms with E-state index in [0.29, 0.717) is 5.38 Å². The van der Waals surface area contributed by atoms with Crippen molar-refractivity contribution < 1.29 is 0 Å². The van der Waals surface area contributed by atoms with Crippen molar-refractivity contribution in [3.8, 4) is 0 Å². The van der Waals surface area contributed by atoms with Gasteiger partial charge in [-0.3, -0.25) is 4.98 Å². The van der Waals surface area contributed by atoms with Crippen LogP contribution in [0.1, 0.15) is 37.4 Å². The van der Waals surface area contributed by atoms with Crippen LogP contribution in [0.4, 0.5) is 0 Å². The summed E-state index contributed by atoms with van der Waals surface area (Å²) < 4.78 is 0. The van der Waals surface area contributed by atoms with Crippen molar-refractivity contribution in [2.24, 2.45) is 0 Å². The molecule has 1 nitrogen and oxygen atoms in total. The molecule has 1 heterocycles. The Morgan fingerprint density at radius 1 is 1.28 bits per heavy atom. The molecule has 0 amide bonds. The Labute approximate surface area is 113 Å². The fraction of sp³-hybridized carbons (Fsp3) is 0.438. The molecule has 0 bridgehead atoms. The van der Waals surface area contributed by atoms with Crippen LogP contribution in [0.3, 0.4) is 0 Å². The van der Waals surface area contributed by atoms with Crippen LogP contribution in [0.5, 0.6) is 0 Å². The number of hydrogen-bond donors (Lipinski definition) is 0. The van der Waals surface area contributed by atoms with E-state index in [2.05, 4.69) is 42.2 Å². The van der Waals surface area contributed by atoms with Gasteiger partial charge in [-0.1, -0.05) is 19.1 Å². The number of aryl methyl sites for hydroxylation is 1. The topological polar surface area (TPSA) is 12.9 Å². The van der Waals surface area contributed by atoms with E-state index in [0.717, 1.165) is 24.1 Å². The highest BCUT2D eigenvalue weighted by Gasteiger charge is 2.35. The van der Waals surface area contributed by atoms with Crippen LogP contribution >= 0.6 is 11.6 Å². The molecule has 0 spiro atoms. The summed E-state index contributed by atoms with van der Waals surface area (Å²) in [6, 6.07) is 10.9. The Bertz CT molecular complexity index is 593. The Morgan fingerprint density at radius 2 is 2.11 bits per heavy atom. The summed E-state index contributed by atoms with van der Waals surface area (Å²) in [5.41, 5.74) is 3.81. The van der Waals surface area contributed by atoms with Gasteiger partial charge in [-0.2, -0.15) is 0 Å². The molecule has 0 aliphatic heterocycles. The van der Waals surface area contributed by atoms with Crippen LogP contribution in [0.25, 0.3) is 10.9 Å². The van der Waals surface area contributed by atoms with Crippen molar-refractivity contribution in [3.05, 3.63) is 41.6 Å². The standard InChI is InChI=1S/C16H18ClN/c1-11-3-4-12-9-13(5-6-15(12)18-11)16(2)8-7-14(17)10-16/h3-6,9,14H,7-8,10H2,1-2H3. The largest absolute Gasteiger partial charge is 0.253 e. The zero-order valence-corrected chi connectivity index (χ0v) is 11.7. The number of hydrogen-bond acceptors (Lipinski definition) is 1. The average Bonchev–Trinajstić information content (AvgIpc) is 2.70. The lowest BCUT2D eigenvalue weighted by Crippen LogP contribution is -2.17. The van der Waals surface area contributed by atoms with Gasteiger partial charge in [0.2, 0.25) is 0 Å². The van der Waals surface area contributed by atoms with E-state index in [1.165, 1.54) is 17.4 Å². The van der Waals surface area contributed by atoms with Crippen LogP contribution in [0.2, 0.25) is 0 Å². The fourth-order valence-corrected chi connectivity index (χ4v) is 3.48. The zero-order valence-electron chi connectivity index (χ0n) is 10.9. The fourth-order valence-electron chi connectivity index (χ4n) is 3.03. The van der Waals surface area contributed by atoms with E-state index < -0.39 is 0 Å². The van der Waals surface area contributed by atoms with Crippen LogP contribution in [0, 0.1) is 6.92 Å². The van der Waals surface area contributed by atoms with Crippen molar-refractivity contribution in [2.75, 3.05) is 0 Å². The molecule has 2 unspecified atom stereocenters. The normalized spacial score (nSPS) is 27.8. The summed E-state index contributed by atoms with van der Waals surface area (Å²) in [6.45, 7) is 4.36. The molecular formula is C16H18ClN. The maximum Gasteiger partial charge on any atom is 0.0705 e. The minimum atomic E-state index is 0.242. The molecule has 0 saturated heterocycles. The number of halogens is 1. The third-order valence-electron chi connectivity index (χ3n) is 4.21. The quantitative estimate of drug-likeness (QED) is 0.683. The first kappa shape index (κ1) is 12.0. The summed E-state index contributed by atoms with van der Waals surface area (Å²) in [7, 11) is 0. The molecule has 1 aromatic carbocycles. The number of fused-ring (bicyclic) bond motifs is 1. The Balaban J connectivity index is 2.06. The highest BCUT2D eigenvalue weighted by atomic mass is 35.5. The van der Waals surface area contributed by atoms with Gasteiger partial charge in [0.1, 0.15) is 0 Å². The molecule has 2 heteroatoms. The van der Waals surface area contributed by atoms with Crippen molar-refractivity contribution >= 4 is 22.5 Å². The second kappa shape index (κ2) is 4.24. The van der Waals surface area contributed by atoms with Gasteiger partial charge in [0.15, 0.2) is 0 Å². The summed E-state index contributed by atoms with van der Waals surface area (Å²) >= 11 is 6.27. The third-order valence-corrected chi connectivity index (χ3v) is 4.58. The second-order valence-electron chi connectivity index (χ2n) is 5.76. The van der Waals surface area contributed by atoms with Gasteiger partial charge in [0.05, 0.1) is 5.52 Å². The lowest BCUT2D eigenvalue weighted by atomic mass is 9.80. The molecule has 0 radical (unpaired) electrons. The van der Waals surface area contributed by atoms with Crippen LogP contribution in [-0.4, -0.2) is 10.4 Å². The molecule has 18 heavy (non-hydrogen) atoms. The first-order valence-electron chi connectivity index (χ1n) is 6.59. The predicted molar refractivity (Wildman–Crippen MR) is 77.3 cm³/mol. The van der Waals surface area contributed by atoms with Gasteiger partial charge in [-0.05, 0) is 55.4 Å². The van der Waals surface area contributed by atoms with Gasteiger partial charge in [-0.15, -0.1) is 11.6 Å². The highest BCUT2D eigenvalue weighted by molar-refractivity contribution is 6.20. The van der Waals surface area contributed by atoms with E-state index in [1.807, 2.05) is 6.92 Å². The van der Waals surface area contributed by atoms with E-state index in [4.69, 9.17) is 11.6 Å². The molecule has 2 aromatic rings. The van der Waals surface area contributed by atoms with Crippen molar-refractivity contribution in [3.63, 3.8) is 0 Å². The maximum absolute atomic E-state index is 6.27. The molecule has 1 aliphatic rings. The molecule has 1 saturated carbocycles. The Kier molecular flexibility index (Phi) is 2.82. The van der Waals surface area contributed by atoms with Gasteiger partial charge in [0, 0.05) is 16.5 Å². The van der Waals surface area contributed by atoms with E-state index >= 15 is 0 Å². The molecule has 1 fully saturated rings. The molecule has 1 aromatic heterocycles. The summed E-state index contributed by atoms with van der Waals surface area (Å²) in [5, 5.41) is 1.57. The maximum atomic E-state index is 6.27.